The highest BCUT2D eigenvalue weighted by Gasteiger charge is 2.23. The SMILES string of the molecule is c1ccc(-c2ccc(N(c3ccc4c(c3)c3c(-c5ccccc5)cc5ccccc5c3n4-c3ccc(-c4ccccc4)cc3)c3cc4ccccc4c4ccccc34)cc2)cc1. The normalized spacial score (nSPS) is 11.5. The second-order valence-corrected chi connectivity index (χ2v) is 16.1. The summed E-state index contributed by atoms with van der Waals surface area (Å²) in [6, 6.07) is 88.6. The summed E-state index contributed by atoms with van der Waals surface area (Å²) in [6.07, 6.45) is 0. The first kappa shape index (κ1) is 35.7. The van der Waals surface area contributed by atoms with Crippen LogP contribution in [0, 0.1) is 0 Å². The van der Waals surface area contributed by atoms with Gasteiger partial charge >= 0.3 is 0 Å². The molecule has 0 bridgehead atoms. The third-order valence-electron chi connectivity index (χ3n) is 12.5. The maximum Gasteiger partial charge on any atom is 0.0625 e. The molecular weight excluding hydrogens is 749 g/mol. The summed E-state index contributed by atoms with van der Waals surface area (Å²) >= 11 is 0. The monoisotopic (exact) mass is 788 g/mol. The lowest BCUT2D eigenvalue weighted by molar-refractivity contribution is 1.19. The van der Waals surface area contributed by atoms with Crippen molar-refractivity contribution in [3.63, 3.8) is 0 Å². The summed E-state index contributed by atoms with van der Waals surface area (Å²) < 4.78 is 2.49. The van der Waals surface area contributed by atoms with Gasteiger partial charge < -0.3 is 9.47 Å². The summed E-state index contributed by atoms with van der Waals surface area (Å²) in [7, 11) is 0. The number of nitrogens with zero attached hydrogens (tertiary/aromatic N) is 2. The summed E-state index contributed by atoms with van der Waals surface area (Å²) in [6.45, 7) is 0. The van der Waals surface area contributed by atoms with Crippen molar-refractivity contribution in [2.45, 2.75) is 0 Å². The zero-order valence-electron chi connectivity index (χ0n) is 34.0. The Morgan fingerprint density at radius 1 is 0.306 bits per heavy atom. The highest BCUT2D eigenvalue weighted by molar-refractivity contribution is 6.25. The van der Waals surface area contributed by atoms with Crippen LogP contribution in [-0.4, -0.2) is 4.57 Å². The van der Waals surface area contributed by atoms with E-state index in [9.17, 15) is 0 Å². The van der Waals surface area contributed by atoms with Crippen LogP contribution in [0.3, 0.4) is 0 Å². The number of hydrogen-bond acceptors (Lipinski definition) is 1. The van der Waals surface area contributed by atoms with E-state index in [0.29, 0.717) is 0 Å². The molecule has 0 amide bonds. The molecule has 62 heavy (non-hydrogen) atoms. The van der Waals surface area contributed by atoms with E-state index >= 15 is 0 Å². The van der Waals surface area contributed by atoms with E-state index in [1.54, 1.807) is 0 Å². The smallest absolute Gasteiger partial charge is 0.0625 e. The molecule has 11 aromatic carbocycles. The highest BCUT2D eigenvalue weighted by atomic mass is 15.1. The molecular formula is C60H40N2. The van der Waals surface area contributed by atoms with Gasteiger partial charge in [-0.3, -0.25) is 0 Å². The largest absolute Gasteiger partial charge is 0.310 e. The molecule has 0 aliphatic heterocycles. The van der Waals surface area contributed by atoms with Crippen LogP contribution < -0.4 is 4.90 Å². The Balaban J connectivity index is 1.16. The Morgan fingerprint density at radius 3 is 1.44 bits per heavy atom. The third-order valence-corrected chi connectivity index (χ3v) is 12.5. The fourth-order valence-corrected chi connectivity index (χ4v) is 9.64. The number of fused-ring (bicyclic) bond motifs is 8. The molecule has 0 saturated heterocycles. The molecule has 0 aliphatic rings. The maximum atomic E-state index is 2.49. The topological polar surface area (TPSA) is 8.17 Å². The molecule has 1 aromatic heterocycles. The van der Waals surface area contributed by atoms with Crippen LogP contribution in [0.25, 0.3) is 93.2 Å². The molecule has 0 fully saturated rings. The van der Waals surface area contributed by atoms with Crippen LogP contribution in [0.1, 0.15) is 0 Å². The van der Waals surface area contributed by atoms with Gasteiger partial charge in [-0.05, 0) is 110 Å². The Labute approximate surface area is 360 Å². The molecule has 0 N–H and O–H groups in total. The Bertz CT molecular complexity index is 3590. The van der Waals surface area contributed by atoms with Gasteiger partial charge in [0.25, 0.3) is 0 Å². The molecule has 0 unspecified atom stereocenters. The average Bonchev–Trinajstić information content (AvgIpc) is 3.70. The minimum absolute atomic E-state index is 1.09. The molecule has 1 heterocycles. The molecule has 0 saturated carbocycles. The fourth-order valence-electron chi connectivity index (χ4n) is 9.64. The minimum Gasteiger partial charge on any atom is -0.310 e. The number of rotatable bonds is 7. The van der Waals surface area contributed by atoms with Crippen LogP contribution in [0.4, 0.5) is 17.1 Å². The molecule has 12 aromatic rings. The maximum absolute atomic E-state index is 2.49. The van der Waals surface area contributed by atoms with Gasteiger partial charge in [0.15, 0.2) is 0 Å². The van der Waals surface area contributed by atoms with E-state index in [0.717, 1.165) is 28.3 Å². The van der Waals surface area contributed by atoms with Crippen molar-refractivity contribution in [3.05, 3.63) is 243 Å². The van der Waals surface area contributed by atoms with E-state index in [2.05, 4.69) is 252 Å². The van der Waals surface area contributed by atoms with Crippen LogP contribution >= 0.6 is 0 Å². The molecule has 290 valence electrons. The second-order valence-electron chi connectivity index (χ2n) is 16.1. The quantitative estimate of drug-likeness (QED) is 0.146. The van der Waals surface area contributed by atoms with Gasteiger partial charge in [-0.15, -0.1) is 0 Å². The molecule has 0 atom stereocenters. The molecule has 2 nitrogen and oxygen atoms in total. The molecule has 0 aliphatic carbocycles. The zero-order valence-corrected chi connectivity index (χ0v) is 34.0. The lowest BCUT2D eigenvalue weighted by Crippen LogP contribution is -2.10. The molecule has 0 spiro atoms. The van der Waals surface area contributed by atoms with E-state index in [1.807, 2.05) is 0 Å². The second kappa shape index (κ2) is 14.8. The van der Waals surface area contributed by atoms with Crippen LogP contribution in [-0.2, 0) is 0 Å². The number of benzene rings is 11. The Morgan fingerprint density at radius 2 is 0.790 bits per heavy atom. The van der Waals surface area contributed by atoms with Gasteiger partial charge in [0.05, 0.1) is 16.7 Å². The first-order valence-electron chi connectivity index (χ1n) is 21.3. The van der Waals surface area contributed by atoms with Crippen LogP contribution in [0.2, 0.25) is 0 Å². The number of anilines is 3. The van der Waals surface area contributed by atoms with E-state index in [4.69, 9.17) is 0 Å². The van der Waals surface area contributed by atoms with Crippen LogP contribution in [0.15, 0.2) is 243 Å². The zero-order chi connectivity index (χ0) is 41.0. The van der Waals surface area contributed by atoms with Gasteiger partial charge in [-0.2, -0.15) is 0 Å². The fraction of sp³-hybridized carbons (Fsp3) is 0. The standard InChI is InChI=1S/C60H40N2/c1-4-16-41(17-5-1)43-28-32-48(33-29-43)61(58-39-47-23-10-12-24-51(47)53-26-14-15-27-54(53)58)50-36-37-57-56(40-50)59-55(45-20-8-3-9-21-45)38-46-22-11-13-25-52(46)60(59)62(57)49-34-30-44(31-35-49)42-18-6-2-7-19-42/h1-40H. The van der Waals surface area contributed by atoms with Crippen molar-refractivity contribution >= 4 is 71.2 Å². The summed E-state index contributed by atoms with van der Waals surface area (Å²) in [5, 5.41) is 9.78. The Hall–Kier alpha value is -8.20. The molecule has 12 rings (SSSR count). The summed E-state index contributed by atoms with van der Waals surface area (Å²) in [4.78, 5) is 2.46. The van der Waals surface area contributed by atoms with Gasteiger partial charge in [0.2, 0.25) is 0 Å². The van der Waals surface area contributed by atoms with Gasteiger partial charge in [0.1, 0.15) is 0 Å². The lowest BCUT2D eigenvalue weighted by atomic mass is 9.95. The minimum atomic E-state index is 1.09. The first-order chi connectivity index (χ1) is 30.8. The number of hydrogen-bond donors (Lipinski definition) is 0. The third kappa shape index (κ3) is 5.96. The molecule has 0 radical (unpaired) electrons. The lowest BCUT2D eigenvalue weighted by Gasteiger charge is -2.28. The summed E-state index contributed by atoms with van der Waals surface area (Å²) in [5.74, 6) is 0. The highest BCUT2D eigenvalue weighted by Crippen LogP contribution is 2.47. The van der Waals surface area contributed by atoms with E-state index in [-0.39, 0.29) is 0 Å². The average molecular weight is 789 g/mol. The predicted octanol–water partition coefficient (Wildman–Crippen LogP) is 16.7. The van der Waals surface area contributed by atoms with E-state index in [1.165, 1.54) is 82.0 Å². The molecule has 2 heteroatoms. The van der Waals surface area contributed by atoms with Crippen LogP contribution in [0.5, 0.6) is 0 Å². The first-order valence-corrected chi connectivity index (χ1v) is 21.3. The van der Waals surface area contributed by atoms with Crippen molar-refractivity contribution in [2.24, 2.45) is 0 Å². The Kier molecular flexibility index (Phi) is 8.53. The van der Waals surface area contributed by atoms with Crippen molar-refractivity contribution in [2.75, 3.05) is 4.90 Å². The van der Waals surface area contributed by atoms with Crippen molar-refractivity contribution in [1.29, 1.82) is 0 Å². The van der Waals surface area contributed by atoms with Crippen molar-refractivity contribution in [3.8, 4) is 39.1 Å². The van der Waals surface area contributed by atoms with Gasteiger partial charge in [-0.25, -0.2) is 0 Å². The van der Waals surface area contributed by atoms with E-state index < -0.39 is 0 Å². The predicted molar refractivity (Wildman–Crippen MR) is 264 cm³/mol. The number of aromatic nitrogens is 1. The summed E-state index contributed by atoms with van der Waals surface area (Å²) in [5.41, 5.74) is 14.0. The van der Waals surface area contributed by atoms with Gasteiger partial charge in [0, 0.05) is 38.6 Å². The van der Waals surface area contributed by atoms with Gasteiger partial charge in [-0.1, -0.05) is 188 Å². The van der Waals surface area contributed by atoms with Crippen molar-refractivity contribution in [1.82, 2.24) is 4.57 Å². The van der Waals surface area contributed by atoms with Crippen molar-refractivity contribution < 1.29 is 0 Å².